The van der Waals surface area contributed by atoms with Gasteiger partial charge in [0.25, 0.3) is 0 Å². The molecule has 9 heteroatoms. The summed E-state index contributed by atoms with van der Waals surface area (Å²) in [5.41, 5.74) is 0.597. The zero-order valence-corrected chi connectivity index (χ0v) is 12.5. The van der Waals surface area contributed by atoms with Crippen LogP contribution in [0.3, 0.4) is 0 Å². The molecule has 1 aromatic heterocycles. The van der Waals surface area contributed by atoms with E-state index in [0.717, 1.165) is 11.5 Å². The number of sulfonamides is 1. The van der Waals surface area contributed by atoms with Crippen molar-refractivity contribution in [1.82, 2.24) is 9.10 Å². The van der Waals surface area contributed by atoms with Gasteiger partial charge in [-0.1, -0.05) is 0 Å². The first kappa shape index (κ1) is 15.5. The molecule has 0 aliphatic heterocycles. The van der Waals surface area contributed by atoms with E-state index >= 15 is 0 Å². The van der Waals surface area contributed by atoms with Crippen LogP contribution in [0.15, 0.2) is 0 Å². The van der Waals surface area contributed by atoms with Gasteiger partial charge in [0.1, 0.15) is 0 Å². The van der Waals surface area contributed by atoms with Crippen LogP contribution in [-0.4, -0.2) is 38.6 Å². The van der Waals surface area contributed by atoms with Gasteiger partial charge in [-0.2, -0.15) is 4.37 Å². The second-order valence-electron chi connectivity index (χ2n) is 3.34. The fraction of sp³-hybridized carbons (Fsp3) is 0.667. The lowest BCUT2D eigenvalue weighted by Crippen LogP contribution is -2.26. The molecule has 0 amide bonds. The van der Waals surface area contributed by atoms with Crippen LogP contribution in [-0.2, 0) is 16.6 Å². The van der Waals surface area contributed by atoms with E-state index < -0.39 is 10.0 Å². The number of methoxy groups -OCH3 is 2. The molecule has 0 unspecified atom stereocenters. The summed E-state index contributed by atoms with van der Waals surface area (Å²) < 4.78 is 39.8. The van der Waals surface area contributed by atoms with Crippen LogP contribution in [0.5, 0.6) is 10.9 Å². The van der Waals surface area contributed by atoms with Crippen LogP contribution in [0.2, 0.25) is 0 Å². The predicted molar refractivity (Wildman–Crippen MR) is 71.2 cm³/mol. The lowest BCUT2D eigenvalue weighted by Gasteiger charge is -2.07. The number of hydrogen-bond donors (Lipinski definition) is 1. The van der Waals surface area contributed by atoms with Gasteiger partial charge in [-0.15, -0.1) is 11.6 Å². The Labute approximate surface area is 115 Å². The Kier molecular flexibility index (Phi) is 6.13. The molecule has 0 aromatic carbocycles. The zero-order chi connectivity index (χ0) is 13.6. The third-order valence-corrected chi connectivity index (χ3v) is 4.62. The number of rotatable bonds is 8. The molecule has 1 heterocycles. The van der Waals surface area contributed by atoms with Crippen molar-refractivity contribution in [1.29, 1.82) is 0 Å². The first-order chi connectivity index (χ1) is 8.54. The molecule has 1 aromatic rings. The first-order valence-electron chi connectivity index (χ1n) is 5.14. The Morgan fingerprint density at radius 3 is 2.67 bits per heavy atom. The Balaban J connectivity index is 2.70. The smallest absolute Gasteiger partial charge is 0.233 e. The van der Waals surface area contributed by atoms with Crippen molar-refractivity contribution in [2.75, 3.05) is 25.9 Å². The van der Waals surface area contributed by atoms with Crippen molar-refractivity contribution < 1.29 is 17.9 Å². The number of alkyl halides is 1. The molecular formula is C9H15ClN2O4S2. The van der Waals surface area contributed by atoms with E-state index in [-0.39, 0.29) is 12.3 Å². The van der Waals surface area contributed by atoms with Gasteiger partial charge >= 0.3 is 0 Å². The highest BCUT2D eigenvalue weighted by atomic mass is 35.5. The fourth-order valence-electron chi connectivity index (χ4n) is 1.25. The summed E-state index contributed by atoms with van der Waals surface area (Å²) in [6.45, 7) is 0.0907. The maximum absolute atomic E-state index is 11.6. The molecular weight excluding hydrogens is 300 g/mol. The van der Waals surface area contributed by atoms with E-state index in [4.69, 9.17) is 21.1 Å². The molecule has 18 heavy (non-hydrogen) atoms. The molecule has 0 bridgehead atoms. The molecule has 104 valence electrons. The lowest BCUT2D eigenvalue weighted by atomic mass is 10.3. The van der Waals surface area contributed by atoms with Crippen molar-refractivity contribution >= 4 is 33.2 Å². The van der Waals surface area contributed by atoms with Gasteiger partial charge in [0, 0.05) is 24.0 Å². The van der Waals surface area contributed by atoms with Crippen molar-refractivity contribution in [2.45, 2.75) is 13.0 Å². The number of ether oxygens (including phenoxy) is 2. The van der Waals surface area contributed by atoms with E-state index in [2.05, 4.69) is 9.10 Å². The number of halogens is 1. The maximum atomic E-state index is 11.6. The summed E-state index contributed by atoms with van der Waals surface area (Å²) in [5, 5.41) is 0.534. The number of hydrogen-bond acceptors (Lipinski definition) is 6. The third-order valence-electron chi connectivity index (χ3n) is 2.11. The van der Waals surface area contributed by atoms with Gasteiger partial charge in [-0.05, 0) is 6.42 Å². The molecule has 0 radical (unpaired) electrons. The van der Waals surface area contributed by atoms with Crippen molar-refractivity contribution in [2.24, 2.45) is 0 Å². The van der Waals surface area contributed by atoms with Gasteiger partial charge in [0.05, 0.1) is 25.5 Å². The molecule has 0 spiro atoms. The molecule has 0 saturated carbocycles. The van der Waals surface area contributed by atoms with Gasteiger partial charge in [-0.3, -0.25) is 0 Å². The normalized spacial score (nSPS) is 11.5. The van der Waals surface area contributed by atoms with E-state index in [1.807, 2.05) is 0 Å². The minimum Gasteiger partial charge on any atom is -0.486 e. The highest BCUT2D eigenvalue weighted by Crippen LogP contribution is 2.32. The zero-order valence-electron chi connectivity index (χ0n) is 10.1. The highest BCUT2D eigenvalue weighted by molar-refractivity contribution is 7.89. The Morgan fingerprint density at radius 2 is 2.11 bits per heavy atom. The first-order valence-corrected chi connectivity index (χ1v) is 8.10. The van der Waals surface area contributed by atoms with Crippen molar-refractivity contribution in [3.8, 4) is 10.9 Å². The summed E-state index contributed by atoms with van der Waals surface area (Å²) >= 11 is 6.58. The second kappa shape index (κ2) is 7.13. The van der Waals surface area contributed by atoms with Crippen molar-refractivity contribution in [3.05, 3.63) is 5.56 Å². The van der Waals surface area contributed by atoms with E-state index in [1.54, 1.807) is 0 Å². The minimum absolute atomic E-state index is 0.00129. The summed E-state index contributed by atoms with van der Waals surface area (Å²) in [6.07, 6.45) is 0.410. The number of nitrogens with one attached hydrogen (secondary N) is 1. The van der Waals surface area contributed by atoms with Crippen LogP contribution in [0.4, 0.5) is 0 Å². The summed E-state index contributed by atoms with van der Waals surface area (Å²) in [6, 6.07) is 0. The average Bonchev–Trinajstić information content (AvgIpc) is 2.76. The van der Waals surface area contributed by atoms with Crippen molar-refractivity contribution in [3.63, 3.8) is 0 Å². The fourth-order valence-corrected chi connectivity index (χ4v) is 3.27. The van der Waals surface area contributed by atoms with E-state index in [0.29, 0.717) is 28.8 Å². The monoisotopic (exact) mass is 314 g/mol. The van der Waals surface area contributed by atoms with E-state index in [9.17, 15) is 8.42 Å². The Hall–Kier alpha value is -0.570. The molecule has 0 fully saturated rings. The minimum atomic E-state index is -3.34. The number of aromatic nitrogens is 1. The standard InChI is InChI=1S/C9H15ClN2O4S2/c1-15-8-7(9(16-2)17-12-8)6-11-18(13,14)5-3-4-10/h11H,3-6H2,1-2H3. The summed E-state index contributed by atoms with van der Waals surface area (Å²) in [5.74, 6) is 0.684. The molecule has 0 saturated heterocycles. The van der Waals surface area contributed by atoms with Gasteiger partial charge in [0.2, 0.25) is 21.0 Å². The quantitative estimate of drug-likeness (QED) is 0.730. The molecule has 0 atom stereocenters. The van der Waals surface area contributed by atoms with Crippen LogP contribution < -0.4 is 14.2 Å². The highest BCUT2D eigenvalue weighted by Gasteiger charge is 2.18. The molecule has 1 rings (SSSR count). The summed E-state index contributed by atoms with van der Waals surface area (Å²) in [4.78, 5) is 0. The topological polar surface area (TPSA) is 77.5 Å². The largest absolute Gasteiger partial charge is 0.486 e. The lowest BCUT2D eigenvalue weighted by molar-refractivity contribution is 0.387. The maximum Gasteiger partial charge on any atom is 0.233 e. The molecule has 1 N–H and O–H groups in total. The van der Waals surface area contributed by atoms with Crippen LogP contribution >= 0.6 is 23.1 Å². The SMILES string of the molecule is COc1nsc(OC)c1CNS(=O)(=O)CCCCl. The average molecular weight is 315 g/mol. The molecule has 0 aliphatic carbocycles. The summed E-state index contributed by atoms with van der Waals surface area (Å²) in [7, 11) is -0.368. The van der Waals surface area contributed by atoms with Crippen LogP contribution in [0, 0.1) is 0 Å². The van der Waals surface area contributed by atoms with Gasteiger partial charge < -0.3 is 9.47 Å². The molecule has 6 nitrogen and oxygen atoms in total. The Morgan fingerprint density at radius 1 is 1.39 bits per heavy atom. The molecule has 0 aliphatic rings. The Bertz CT molecular complexity index is 453. The second-order valence-corrected chi connectivity index (χ2v) is 6.38. The third kappa shape index (κ3) is 4.27. The van der Waals surface area contributed by atoms with Crippen LogP contribution in [0.25, 0.3) is 0 Å². The van der Waals surface area contributed by atoms with Gasteiger partial charge in [0.15, 0.2) is 0 Å². The van der Waals surface area contributed by atoms with E-state index in [1.165, 1.54) is 14.2 Å². The number of nitrogens with zero attached hydrogens (tertiary/aromatic N) is 1. The van der Waals surface area contributed by atoms with Gasteiger partial charge in [-0.25, -0.2) is 13.1 Å². The predicted octanol–water partition coefficient (Wildman–Crippen LogP) is 1.21. The van der Waals surface area contributed by atoms with Crippen LogP contribution in [0.1, 0.15) is 12.0 Å².